The molecule has 0 amide bonds. The number of methoxy groups -OCH3 is 1. The van der Waals surface area contributed by atoms with Crippen molar-refractivity contribution in [2.24, 2.45) is 5.73 Å². The third-order valence-corrected chi connectivity index (χ3v) is 4.94. The highest BCUT2D eigenvalue weighted by Crippen LogP contribution is 2.35. The summed E-state index contributed by atoms with van der Waals surface area (Å²) in [6.45, 7) is 1.04. The molecule has 2 aromatic rings. The Bertz CT molecular complexity index is 481. The standard InChI is InChI=1S/C10H11BrN2OS2/c1-14-5-6-8(4-12)16-10(13-6)7-2-3-9(11)15-7/h2-3H,4-5,12H2,1H3. The average Bonchev–Trinajstić information content (AvgIpc) is 2.85. The van der Waals surface area contributed by atoms with E-state index < -0.39 is 0 Å². The van der Waals surface area contributed by atoms with Crippen molar-refractivity contribution in [1.29, 1.82) is 0 Å². The molecule has 2 heterocycles. The number of aromatic nitrogens is 1. The molecule has 86 valence electrons. The van der Waals surface area contributed by atoms with E-state index in [2.05, 4.69) is 27.0 Å². The van der Waals surface area contributed by atoms with Crippen molar-refractivity contribution < 1.29 is 4.74 Å². The molecular formula is C10H11BrN2OS2. The van der Waals surface area contributed by atoms with Gasteiger partial charge in [0.1, 0.15) is 5.01 Å². The number of rotatable bonds is 4. The molecule has 0 radical (unpaired) electrons. The molecule has 0 atom stereocenters. The van der Waals surface area contributed by atoms with Crippen molar-refractivity contribution >= 4 is 38.6 Å². The lowest BCUT2D eigenvalue weighted by molar-refractivity contribution is 0.181. The highest BCUT2D eigenvalue weighted by molar-refractivity contribution is 9.11. The highest BCUT2D eigenvalue weighted by atomic mass is 79.9. The summed E-state index contributed by atoms with van der Waals surface area (Å²) in [5, 5.41) is 1.02. The first-order chi connectivity index (χ1) is 7.74. The Labute approximate surface area is 110 Å². The maximum absolute atomic E-state index is 5.69. The molecular weight excluding hydrogens is 308 g/mol. The van der Waals surface area contributed by atoms with Crippen LogP contribution >= 0.6 is 38.6 Å². The van der Waals surface area contributed by atoms with E-state index in [0.29, 0.717) is 13.2 Å². The predicted molar refractivity (Wildman–Crippen MR) is 71.7 cm³/mol. The minimum absolute atomic E-state index is 0.517. The first-order valence-corrected chi connectivity index (χ1v) is 7.10. The van der Waals surface area contributed by atoms with E-state index in [1.54, 1.807) is 29.8 Å². The lowest BCUT2D eigenvalue weighted by Gasteiger charge is -1.95. The van der Waals surface area contributed by atoms with E-state index in [1.807, 2.05) is 6.07 Å². The van der Waals surface area contributed by atoms with Crippen LogP contribution < -0.4 is 5.73 Å². The zero-order valence-corrected chi connectivity index (χ0v) is 11.9. The molecule has 0 aliphatic rings. The van der Waals surface area contributed by atoms with Crippen molar-refractivity contribution in [3.8, 4) is 9.88 Å². The molecule has 0 fully saturated rings. The van der Waals surface area contributed by atoms with Crippen LogP contribution in [0.3, 0.4) is 0 Å². The van der Waals surface area contributed by atoms with Gasteiger partial charge in [0.15, 0.2) is 0 Å². The Morgan fingerprint density at radius 2 is 2.25 bits per heavy atom. The van der Waals surface area contributed by atoms with Crippen LogP contribution in [0.1, 0.15) is 10.6 Å². The molecule has 0 unspecified atom stereocenters. The van der Waals surface area contributed by atoms with E-state index in [-0.39, 0.29) is 0 Å². The largest absolute Gasteiger partial charge is 0.378 e. The fraction of sp³-hybridized carbons (Fsp3) is 0.300. The molecule has 0 saturated carbocycles. The third kappa shape index (κ3) is 2.52. The van der Waals surface area contributed by atoms with Gasteiger partial charge in [0.05, 0.1) is 21.0 Å². The number of ether oxygens (including phenoxy) is 1. The Kier molecular flexibility index (Phi) is 4.10. The second-order valence-corrected chi connectivity index (χ2v) is 6.68. The SMILES string of the molecule is COCc1nc(-c2ccc(Br)s2)sc1CN. The minimum Gasteiger partial charge on any atom is -0.378 e. The molecule has 0 aliphatic carbocycles. The Hall–Kier alpha value is -0.270. The Morgan fingerprint density at radius 3 is 2.81 bits per heavy atom. The highest BCUT2D eigenvalue weighted by Gasteiger charge is 2.12. The fourth-order valence-electron chi connectivity index (χ4n) is 1.33. The summed E-state index contributed by atoms with van der Waals surface area (Å²) in [6.07, 6.45) is 0. The van der Waals surface area contributed by atoms with Crippen LogP contribution in [0.5, 0.6) is 0 Å². The van der Waals surface area contributed by atoms with Crippen molar-refractivity contribution in [3.63, 3.8) is 0 Å². The summed E-state index contributed by atoms with van der Waals surface area (Å²) in [4.78, 5) is 6.82. The minimum atomic E-state index is 0.517. The molecule has 2 N–H and O–H groups in total. The average molecular weight is 319 g/mol. The first kappa shape index (κ1) is 12.2. The van der Waals surface area contributed by atoms with Crippen molar-refractivity contribution in [2.45, 2.75) is 13.2 Å². The van der Waals surface area contributed by atoms with E-state index in [4.69, 9.17) is 10.5 Å². The predicted octanol–water partition coefficient (Wildman–Crippen LogP) is 3.24. The third-order valence-electron chi connectivity index (χ3n) is 2.03. The van der Waals surface area contributed by atoms with Crippen LogP contribution in [0, 0.1) is 0 Å². The first-order valence-electron chi connectivity index (χ1n) is 4.68. The Balaban J connectivity index is 2.35. The summed E-state index contributed by atoms with van der Waals surface area (Å²) >= 11 is 6.76. The maximum Gasteiger partial charge on any atom is 0.134 e. The molecule has 0 spiro atoms. The van der Waals surface area contributed by atoms with E-state index in [0.717, 1.165) is 24.2 Å². The number of halogens is 1. The summed E-state index contributed by atoms with van der Waals surface area (Å²) in [5.74, 6) is 0. The van der Waals surface area contributed by atoms with Gasteiger partial charge >= 0.3 is 0 Å². The van der Waals surface area contributed by atoms with Gasteiger partial charge in [-0.15, -0.1) is 22.7 Å². The van der Waals surface area contributed by atoms with Crippen LogP contribution in [0.2, 0.25) is 0 Å². The molecule has 0 aliphatic heterocycles. The molecule has 2 aromatic heterocycles. The molecule has 0 bridgehead atoms. The second kappa shape index (κ2) is 5.37. The van der Waals surface area contributed by atoms with Gasteiger partial charge in [-0.05, 0) is 28.1 Å². The van der Waals surface area contributed by atoms with E-state index in [9.17, 15) is 0 Å². The van der Waals surface area contributed by atoms with Gasteiger partial charge in [0, 0.05) is 18.5 Å². The quantitative estimate of drug-likeness (QED) is 0.941. The second-order valence-electron chi connectivity index (χ2n) is 3.13. The van der Waals surface area contributed by atoms with Crippen molar-refractivity contribution in [2.75, 3.05) is 7.11 Å². The van der Waals surface area contributed by atoms with Crippen LogP contribution in [0.25, 0.3) is 9.88 Å². The number of nitrogens with two attached hydrogens (primary N) is 1. The topological polar surface area (TPSA) is 48.1 Å². The maximum atomic E-state index is 5.69. The van der Waals surface area contributed by atoms with Gasteiger partial charge in [-0.2, -0.15) is 0 Å². The molecule has 2 rings (SSSR count). The van der Waals surface area contributed by atoms with Crippen LogP contribution in [0.4, 0.5) is 0 Å². The molecule has 0 aromatic carbocycles. The zero-order valence-electron chi connectivity index (χ0n) is 8.70. The van der Waals surface area contributed by atoms with Crippen LogP contribution in [0.15, 0.2) is 15.9 Å². The Morgan fingerprint density at radius 1 is 1.44 bits per heavy atom. The molecule has 6 heteroatoms. The smallest absolute Gasteiger partial charge is 0.134 e. The lowest BCUT2D eigenvalue weighted by atomic mass is 10.4. The monoisotopic (exact) mass is 318 g/mol. The van der Waals surface area contributed by atoms with Gasteiger partial charge in [-0.1, -0.05) is 0 Å². The summed E-state index contributed by atoms with van der Waals surface area (Å²) in [5.41, 5.74) is 6.64. The molecule has 3 nitrogen and oxygen atoms in total. The number of thiazole rings is 1. The van der Waals surface area contributed by atoms with Crippen molar-refractivity contribution in [1.82, 2.24) is 4.98 Å². The van der Waals surface area contributed by atoms with Crippen LogP contribution in [-0.4, -0.2) is 12.1 Å². The summed E-state index contributed by atoms with van der Waals surface area (Å²) in [6, 6.07) is 4.09. The number of hydrogen-bond donors (Lipinski definition) is 1. The summed E-state index contributed by atoms with van der Waals surface area (Å²) in [7, 11) is 1.67. The zero-order chi connectivity index (χ0) is 11.5. The van der Waals surface area contributed by atoms with Crippen LogP contribution in [-0.2, 0) is 17.9 Å². The van der Waals surface area contributed by atoms with Gasteiger partial charge in [-0.3, -0.25) is 0 Å². The summed E-state index contributed by atoms with van der Waals surface area (Å²) < 4.78 is 6.22. The normalized spacial score (nSPS) is 10.9. The lowest BCUT2D eigenvalue weighted by Crippen LogP contribution is -1.99. The van der Waals surface area contributed by atoms with E-state index >= 15 is 0 Å². The molecule has 16 heavy (non-hydrogen) atoms. The number of thiophene rings is 1. The van der Waals surface area contributed by atoms with Gasteiger partial charge in [0.2, 0.25) is 0 Å². The number of nitrogens with zero attached hydrogens (tertiary/aromatic N) is 1. The van der Waals surface area contributed by atoms with Crippen molar-refractivity contribution in [3.05, 3.63) is 26.5 Å². The van der Waals surface area contributed by atoms with Gasteiger partial charge in [-0.25, -0.2) is 4.98 Å². The fourth-order valence-corrected chi connectivity index (χ4v) is 3.71. The molecule has 0 saturated heterocycles. The van der Waals surface area contributed by atoms with Gasteiger partial charge in [0.25, 0.3) is 0 Å². The number of hydrogen-bond acceptors (Lipinski definition) is 5. The van der Waals surface area contributed by atoms with Gasteiger partial charge < -0.3 is 10.5 Å². The van der Waals surface area contributed by atoms with E-state index in [1.165, 1.54) is 0 Å².